The van der Waals surface area contributed by atoms with E-state index < -0.39 is 0 Å². The van der Waals surface area contributed by atoms with Crippen molar-refractivity contribution >= 4 is 0 Å². The van der Waals surface area contributed by atoms with E-state index in [4.69, 9.17) is 0 Å². The van der Waals surface area contributed by atoms with Crippen LogP contribution in [0.5, 0.6) is 0 Å². The fourth-order valence-electron chi connectivity index (χ4n) is 1.76. The second-order valence-electron chi connectivity index (χ2n) is 3.99. The molecule has 0 atom stereocenters. The van der Waals surface area contributed by atoms with Crippen LogP contribution in [-0.2, 0) is 13.0 Å². The zero-order valence-electron chi connectivity index (χ0n) is 9.45. The molecule has 2 N–H and O–H groups in total. The Kier molecular flexibility index (Phi) is 4.20. The third kappa shape index (κ3) is 3.55. The smallest absolute Gasteiger partial charge is 0.0220 e. The maximum Gasteiger partial charge on any atom is 0.0220 e. The van der Waals surface area contributed by atoms with Crippen LogP contribution in [0.3, 0.4) is 0 Å². The van der Waals surface area contributed by atoms with Gasteiger partial charge in [-0.3, -0.25) is 0 Å². The van der Waals surface area contributed by atoms with Gasteiger partial charge >= 0.3 is 0 Å². The quantitative estimate of drug-likeness (QED) is 0.711. The van der Waals surface area contributed by atoms with Gasteiger partial charge in [-0.2, -0.15) is 0 Å². The summed E-state index contributed by atoms with van der Waals surface area (Å²) in [6, 6.07) is 12.7. The molecule has 0 aliphatic rings. The van der Waals surface area contributed by atoms with Crippen LogP contribution < -0.4 is 5.32 Å². The summed E-state index contributed by atoms with van der Waals surface area (Å²) in [5, 5.41) is 3.44. The van der Waals surface area contributed by atoms with Crippen molar-refractivity contribution < 1.29 is 0 Å². The summed E-state index contributed by atoms with van der Waals surface area (Å²) < 4.78 is 0. The van der Waals surface area contributed by atoms with Crippen LogP contribution in [0.25, 0.3) is 0 Å². The van der Waals surface area contributed by atoms with Crippen LogP contribution >= 0.6 is 0 Å². The zero-order chi connectivity index (χ0) is 11.1. The Bertz CT molecular complexity index is 378. The summed E-state index contributed by atoms with van der Waals surface area (Å²) in [6.45, 7) is 2.03. The van der Waals surface area contributed by atoms with Crippen molar-refractivity contribution in [3.8, 4) is 0 Å². The maximum absolute atomic E-state index is 3.44. The van der Waals surface area contributed by atoms with Crippen LogP contribution in [-0.4, -0.2) is 11.5 Å². The fraction of sp³-hybridized carbons (Fsp3) is 0.286. The molecule has 2 nitrogen and oxygen atoms in total. The van der Waals surface area contributed by atoms with Crippen molar-refractivity contribution in [2.75, 3.05) is 6.54 Å². The van der Waals surface area contributed by atoms with Crippen molar-refractivity contribution in [3.63, 3.8) is 0 Å². The number of hydrogen-bond acceptors (Lipinski definition) is 1. The monoisotopic (exact) mass is 214 g/mol. The lowest BCUT2D eigenvalue weighted by Crippen LogP contribution is -2.14. The lowest BCUT2D eigenvalue weighted by Gasteiger charge is -2.03. The molecule has 0 unspecified atom stereocenters. The fourth-order valence-corrected chi connectivity index (χ4v) is 1.76. The number of aryl methyl sites for hydroxylation is 1. The van der Waals surface area contributed by atoms with Gasteiger partial charge in [0.15, 0.2) is 0 Å². The minimum atomic E-state index is 0.957. The number of benzene rings is 1. The molecule has 0 saturated carbocycles. The molecule has 2 rings (SSSR count). The zero-order valence-corrected chi connectivity index (χ0v) is 9.45. The van der Waals surface area contributed by atoms with Gasteiger partial charge in [0.25, 0.3) is 0 Å². The highest BCUT2D eigenvalue weighted by molar-refractivity contribution is 5.14. The predicted octanol–water partition coefficient (Wildman–Crippen LogP) is 2.74. The summed E-state index contributed by atoms with van der Waals surface area (Å²) in [5.74, 6) is 0. The van der Waals surface area contributed by atoms with Gasteiger partial charge in [-0.1, -0.05) is 30.3 Å². The van der Waals surface area contributed by atoms with Crippen molar-refractivity contribution in [2.24, 2.45) is 0 Å². The molecule has 0 amide bonds. The number of H-pyrrole nitrogens is 1. The topological polar surface area (TPSA) is 27.8 Å². The normalized spacial score (nSPS) is 10.5. The second-order valence-corrected chi connectivity index (χ2v) is 3.99. The molecule has 2 heteroatoms. The SMILES string of the molecule is c1ccc(CCCNCc2cc[nH]c2)cc1. The first kappa shape index (κ1) is 11.0. The molecular weight excluding hydrogens is 196 g/mol. The molecule has 1 aromatic carbocycles. The Morgan fingerprint density at radius 3 is 2.62 bits per heavy atom. The van der Waals surface area contributed by atoms with Crippen LogP contribution in [0.2, 0.25) is 0 Å². The number of aromatic amines is 1. The molecule has 16 heavy (non-hydrogen) atoms. The van der Waals surface area contributed by atoms with Gasteiger partial charge in [-0.15, -0.1) is 0 Å². The molecule has 0 saturated heterocycles. The third-order valence-electron chi connectivity index (χ3n) is 2.65. The number of aromatic nitrogens is 1. The van der Waals surface area contributed by atoms with Crippen LogP contribution in [0.1, 0.15) is 17.5 Å². The molecule has 0 aliphatic heterocycles. The van der Waals surface area contributed by atoms with Crippen molar-refractivity contribution in [3.05, 3.63) is 59.9 Å². The van der Waals surface area contributed by atoms with Crippen LogP contribution in [0.4, 0.5) is 0 Å². The van der Waals surface area contributed by atoms with Gasteiger partial charge in [0.2, 0.25) is 0 Å². The Labute approximate surface area is 96.7 Å². The first-order valence-corrected chi connectivity index (χ1v) is 5.81. The van der Waals surface area contributed by atoms with E-state index in [0.717, 1.165) is 19.5 Å². The standard InChI is InChI=1S/C14H18N2/c1-2-5-13(6-3-1)7-4-9-15-11-14-8-10-16-12-14/h1-3,5-6,8,10,12,15-16H,4,7,9,11H2. The minimum Gasteiger partial charge on any atom is -0.367 e. The lowest BCUT2D eigenvalue weighted by atomic mass is 10.1. The van der Waals surface area contributed by atoms with Gasteiger partial charge in [0.05, 0.1) is 0 Å². The molecule has 1 heterocycles. The molecule has 0 bridgehead atoms. The van der Waals surface area contributed by atoms with E-state index in [1.54, 1.807) is 0 Å². The average molecular weight is 214 g/mol. The molecule has 84 valence electrons. The van der Waals surface area contributed by atoms with Gasteiger partial charge in [-0.05, 0) is 36.6 Å². The first-order chi connectivity index (χ1) is 7.95. The van der Waals surface area contributed by atoms with Crippen molar-refractivity contribution in [1.82, 2.24) is 10.3 Å². The molecule has 0 aliphatic carbocycles. The Morgan fingerprint density at radius 2 is 1.88 bits per heavy atom. The summed E-state index contributed by atoms with van der Waals surface area (Å²) in [6.07, 6.45) is 6.33. The van der Waals surface area contributed by atoms with Gasteiger partial charge in [-0.25, -0.2) is 0 Å². The van der Waals surface area contributed by atoms with Gasteiger partial charge in [0.1, 0.15) is 0 Å². The molecule has 2 aromatic rings. The maximum atomic E-state index is 3.44. The van der Waals surface area contributed by atoms with E-state index in [1.165, 1.54) is 17.5 Å². The Morgan fingerprint density at radius 1 is 1.00 bits per heavy atom. The van der Waals surface area contributed by atoms with E-state index in [0.29, 0.717) is 0 Å². The molecule has 1 aromatic heterocycles. The van der Waals surface area contributed by atoms with E-state index in [-0.39, 0.29) is 0 Å². The summed E-state index contributed by atoms with van der Waals surface area (Å²) in [4.78, 5) is 3.06. The second kappa shape index (κ2) is 6.13. The van der Waals surface area contributed by atoms with Crippen molar-refractivity contribution in [2.45, 2.75) is 19.4 Å². The molecule has 0 fully saturated rings. The van der Waals surface area contributed by atoms with Crippen LogP contribution in [0.15, 0.2) is 48.8 Å². The average Bonchev–Trinajstić information content (AvgIpc) is 2.83. The largest absolute Gasteiger partial charge is 0.367 e. The summed E-state index contributed by atoms with van der Waals surface area (Å²) in [7, 11) is 0. The Hall–Kier alpha value is -1.54. The van der Waals surface area contributed by atoms with Crippen LogP contribution in [0, 0.1) is 0 Å². The van der Waals surface area contributed by atoms with E-state index in [1.807, 2.05) is 12.4 Å². The summed E-state index contributed by atoms with van der Waals surface area (Å²) >= 11 is 0. The number of nitrogens with one attached hydrogen (secondary N) is 2. The van der Waals surface area contributed by atoms with E-state index >= 15 is 0 Å². The Balaban J connectivity index is 1.59. The third-order valence-corrected chi connectivity index (χ3v) is 2.65. The number of rotatable bonds is 6. The highest BCUT2D eigenvalue weighted by atomic mass is 14.8. The van der Waals surface area contributed by atoms with E-state index in [2.05, 4.69) is 46.7 Å². The van der Waals surface area contributed by atoms with Crippen molar-refractivity contribution in [1.29, 1.82) is 0 Å². The highest BCUT2D eigenvalue weighted by Gasteiger charge is 1.93. The number of hydrogen-bond donors (Lipinski definition) is 2. The predicted molar refractivity (Wildman–Crippen MR) is 67.3 cm³/mol. The first-order valence-electron chi connectivity index (χ1n) is 5.81. The van der Waals surface area contributed by atoms with Gasteiger partial charge in [0, 0.05) is 18.9 Å². The lowest BCUT2D eigenvalue weighted by molar-refractivity contribution is 0.650. The van der Waals surface area contributed by atoms with E-state index in [9.17, 15) is 0 Å². The van der Waals surface area contributed by atoms with Gasteiger partial charge < -0.3 is 10.3 Å². The molecule has 0 radical (unpaired) electrons. The highest BCUT2D eigenvalue weighted by Crippen LogP contribution is 2.01. The minimum absolute atomic E-state index is 0.957. The molecule has 0 spiro atoms. The summed E-state index contributed by atoms with van der Waals surface area (Å²) in [5.41, 5.74) is 2.74. The molecular formula is C14H18N2.